The van der Waals surface area contributed by atoms with Gasteiger partial charge in [0.15, 0.2) is 5.82 Å². The van der Waals surface area contributed by atoms with Gasteiger partial charge in [0, 0.05) is 31.1 Å². The molecule has 3 fully saturated rings. The molecule has 1 saturated carbocycles. The van der Waals surface area contributed by atoms with E-state index in [-0.39, 0.29) is 24.2 Å². The van der Waals surface area contributed by atoms with E-state index < -0.39 is 16.8 Å². The lowest BCUT2D eigenvalue weighted by molar-refractivity contribution is -0.149. The van der Waals surface area contributed by atoms with Crippen LogP contribution in [0.3, 0.4) is 0 Å². The lowest BCUT2D eigenvalue weighted by atomic mass is 9.52. The summed E-state index contributed by atoms with van der Waals surface area (Å²) in [5.74, 6) is 0.432. The Bertz CT molecular complexity index is 1130. The number of hydrogen-bond acceptors (Lipinski definition) is 5. The standard InChI is InChI=1S/C26H33FN4O3/c1-17-10-19-11-23-26(34)6-9-29(24(33)16-31-15-20(27)13-28-31)7-4-25(26,21(19)12-22(17)32)5-8-30(23)14-18-2-3-18/h10,12-13,15,18,23,32,34H,2-9,11,14,16H2,1H3/t23-,25+,26-/m1/s1. The number of aliphatic hydroxyl groups is 1. The van der Waals surface area contributed by atoms with E-state index in [1.807, 2.05) is 13.0 Å². The van der Waals surface area contributed by atoms with E-state index in [0.29, 0.717) is 25.9 Å². The average molecular weight is 469 g/mol. The van der Waals surface area contributed by atoms with Gasteiger partial charge < -0.3 is 15.1 Å². The van der Waals surface area contributed by atoms with Crippen LogP contribution in [0.4, 0.5) is 4.39 Å². The summed E-state index contributed by atoms with van der Waals surface area (Å²) in [4.78, 5) is 17.4. The largest absolute Gasteiger partial charge is 0.508 e. The van der Waals surface area contributed by atoms with Crippen molar-refractivity contribution in [3.63, 3.8) is 0 Å². The van der Waals surface area contributed by atoms with E-state index in [2.05, 4.69) is 16.1 Å². The number of aromatic nitrogens is 2. The summed E-state index contributed by atoms with van der Waals surface area (Å²) in [5, 5.41) is 27.0. The summed E-state index contributed by atoms with van der Waals surface area (Å²) in [5.41, 5.74) is 1.68. The third kappa shape index (κ3) is 3.37. The second kappa shape index (κ2) is 7.78. The molecule has 8 heteroatoms. The number of rotatable bonds is 4. The topological polar surface area (TPSA) is 81.8 Å². The molecule has 3 heterocycles. The van der Waals surface area contributed by atoms with Crippen LogP contribution < -0.4 is 0 Å². The Morgan fingerprint density at radius 1 is 1.21 bits per heavy atom. The molecule has 6 rings (SSSR count). The Kier molecular flexibility index (Phi) is 5.04. The van der Waals surface area contributed by atoms with Crippen molar-refractivity contribution in [3.05, 3.63) is 47.0 Å². The van der Waals surface area contributed by atoms with E-state index in [0.717, 1.165) is 49.2 Å². The molecule has 4 aliphatic rings. The van der Waals surface area contributed by atoms with Gasteiger partial charge in [-0.15, -0.1) is 0 Å². The summed E-state index contributed by atoms with van der Waals surface area (Å²) in [6.45, 7) is 4.86. The van der Waals surface area contributed by atoms with Crippen molar-refractivity contribution in [1.82, 2.24) is 19.6 Å². The van der Waals surface area contributed by atoms with Gasteiger partial charge >= 0.3 is 0 Å². The maximum absolute atomic E-state index is 13.3. The monoisotopic (exact) mass is 468 g/mol. The Balaban J connectivity index is 1.35. The normalized spacial score (nSPS) is 31.0. The van der Waals surface area contributed by atoms with Crippen LogP contribution in [0.15, 0.2) is 24.5 Å². The zero-order valence-electron chi connectivity index (χ0n) is 19.7. The minimum atomic E-state index is -0.971. The number of nitrogens with zero attached hydrogens (tertiary/aromatic N) is 4. The van der Waals surface area contributed by atoms with Crippen molar-refractivity contribution in [2.75, 3.05) is 26.2 Å². The molecule has 3 atom stereocenters. The third-order valence-electron chi connectivity index (χ3n) is 9.01. The maximum Gasteiger partial charge on any atom is 0.244 e. The molecule has 0 radical (unpaired) electrons. The number of likely N-dealkylation sites (tertiary alicyclic amines) is 2. The molecule has 2 N–H and O–H groups in total. The Hall–Kier alpha value is -2.45. The molecule has 2 bridgehead atoms. The average Bonchev–Trinajstić information content (AvgIpc) is 3.55. The first-order chi connectivity index (χ1) is 16.3. The third-order valence-corrected chi connectivity index (χ3v) is 9.01. The molecule has 2 saturated heterocycles. The van der Waals surface area contributed by atoms with Crippen molar-refractivity contribution >= 4 is 5.91 Å². The maximum atomic E-state index is 13.3. The number of aromatic hydroxyl groups is 1. The molecule has 34 heavy (non-hydrogen) atoms. The van der Waals surface area contributed by atoms with Gasteiger partial charge in [-0.2, -0.15) is 5.10 Å². The van der Waals surface area contributed by atoms with Crippen LogP contribution in [0, 0.1) is 18.7 Å². The fourth-order valence-corrected chi connectivity index (χ4v) is 6.96. The van der Waals surface area contributed by atoms with Crippen LogP contribution in [0.2, 0.25) is 0 Å². The number of hydrogen-bond donors (Lipinski definition) is 2. The van der Waals surface area contributed by atoms with Crippen LogP contribution in [0.25, 0.3) is 0 Å². The van der Waals surface area contributed by atoms with Crippen LogP contribution >= 0.6 is 0 Å². The molecule has 1 aromatic heterocycles. The number of benzene rings is 1. The number of phenolic OH excluding ortho intramolecular Hbond substituents is 1. The fourth-order valence-electron chi connectivity index (χ4n) is 6.96. The molecular weight excluding hydrogens is 435 g/mol. The van der Waals surface area contributed by atoms with Gasteiger partial charge in [-0.1, -0.05) is 6.07 Å². The van der Waals surface area contributed by atoms with Gasteiger partial charge in [0.1, 0.15) is 12.3 Å². The van der Waals surface area contributed by atoms with Crippen LogP contribution in [0.5, 0.6) is 5.75 Å². The highest BCUT2D eigenvalue weighted by atomic mass is 19.1. The number of fused-ring (bicyclic) bond motifs is 1. The molecule has 0 unspecified atom stereocenters. The number of carbonyl (C=O) groups is 1. The molecule has 182 valence electrons. The molecule has 1 amide bonds. The van der Waals surface area contributed by atoms with E-state index in [9.17, 15) is 19.4 Å². The number of carbonyl (C=O) groups excluding carboxylic acids is 1. The summed E-state index contributed by atoms with van der Waals surface area (Å²) < 4.78 is 14.7. The van der Waals surface area contributed by atoms with E-state index in [1.165, 1.54) is 29.3 Å². The van der Waals surface area contributed by atoms with Gasteiger partial charge in [0.05, 0.1) is 18.0 Å². The molecule has 1 aromatic carbocycles. The second-order valence-corrected chi connectivity index (χ2v) is 10.9. The number of phenols is 1. The van der Waals surface area contributed by atoms with E-state index >= 15 is 0 Å². The Morgan fingerprint density at radius 3 is 2.71 bits per heavy atom. The zero-order chi connectivity index (χ0) is 23.7. The zero-order valence-corrected chi connectivity index (χ0v) is 19.7. The fraction of sp³-hybridized carbons (Fsp3) is 0.615. The van der Waals surface area contributed by atoms with Crippen molar-refractivity contribution in [2.45, 2.75) is 69.1 Å². The van der Waals surface area contributed by atoms with Gasteiger partial charge in [0.2, 0.25) is 5.91 Å². The summed E-state index contributed by atoms with van der Waals surface area (Å²) >= 11 is 0. The second-order valence-electron chi connectivity index (χ2n) is 10.9. The minimum absolute atomic E-state index is 0.00792. The van der Waals surface area contributed by atoms with Crippen LogP contribution in [-0.4, -0.2) is 73.5 Å². The number of piperidine rings is 1. The molecule has 0 spiro atoms. The molecule has 2 aromatic rings. The lowest BCUT2D eigenvalue weighted by Gasteiger charge is -2.61. The van der Waals surface area contributed by atoms with E-state index in [1.54, 1.807) is 4.90 Å². The smallest absolute Gasteiger partial charge is 0.244 e. The first-order valence-corrected chi connectivity index (χ1v) is 12.5. The Morgan fingerprint density at radius 2 is 1.97 bits per heavy atom. The van der Waals surface area contributed by atoms with Crippen LogP contribution in [-0.2, 0) is 23.2 Å². The van der Waals surface area contributed by atoms with Gasteiger partial charge in [-0.3, -0.25) is 14.4 Å². The van der Waals surface area contributed by atoms with Crippen LogP contribution in [0.1, 0.15) is 48.8 Å². The lowest BCUT2D eigenvalue weighted by Crippen LogP contribution is -2.71. The summed E-state index contributed by atoms with van der Waals surface area (Å²) in [7, 11) is 0. The molecule has 7 nitrogen and oxygen atoms in total. The van der Waals surface area contributed by atoms with Gasteiger partial charge in [-0.05, 0) is 80.7 Å². The van der Waals surface area contributed by atoms with Crippen molar-refractivity contribution < 1.29 is 19.4 Å². The first kappa shape index (κ1) is 22.0. The highest BCUT2D eigenvalue weighted by molar-refractivity contribution is 5.76. The highest BCUT2D eigenvalue weighted by Crippen LogP contribution is 2.57. The highest BCUT2D eigenvalue weighted by Gasteiger charge is 2.63. The molecular formula is C26H33FN4O3. The summed E-state index contributed by atoms with van der Waals surface area (Å²) in [6, 6.07) is 3.99. The predicted molar refractivity (Wildman–Crippen MR) is 124 cm³/mol. The summed E-state index contributed by atoms with van der Waals surface area (Å²) in [6.07, 6.45) is 7.59. The SMILES string of the molecule is Cc1cc2c(cc1O)[C@@]13CCN(C(=O)Cn4cc(F)cn4)CC[C@@]1(O)[C@@H](C2)N(CC1CC1)CC3. The van der Waals surface area contributed by atoms with Gasteiger partial charge in [0.25, 0.3) is 0 Å². The predicted octanol–water partition coefficient (Wildman–Crippen LogP) is 2.37. The van der Waals surface area contributed by atoms with E-state index in [4.69, 9.17) is 0 Å². The Labute approximate surface area is 199 Å². The quantitative estimate of drug-likeness (QED) is 0.720. The number of halogens is 1. The molecule has 2 aliphatic heterocycles. The van der Waals surface area contributed by atoms with Crippen molar-refractivity contribution in [3.8, 4) is 5.75 Å². The van der Waals surface area contributed by atoms with Crippen molar-refractivity contribution in [2.24, 2.45) is 5.92 Å². The number of amides is 1. The van der Waals surface area contributed by atoms with Gasteiger partial charge in [-0.25, -0.2) is 4.39 Å². The first-order valence-electron chi connectivity index (χ1n) is 12.5. The molecule has 2 aliphatic carbocycles. The number of aryl methyl sites for hydroxylation is 1. The van der Waals surface area contributed by atoms with Crippen molar-refractivity contribution in [1.29, 1.82) is 0 Å². The minimum Gasteiger partial charge on any atom is -0.508 e.